The van der Waals surface area contributed by atoms with Gasteiger partial charge in [0.15, 0.2) is 0 Å². The Bertz CT molecular complexity index is 1220. The Balaban J connectivity index is 1.52. The van der Waals surface area contributed by atoms with Gasteiger partial charge >= 0.3 is 0 Å². The van der Waals surface area contributed by atoms with E-state index in [-0.39, 0.29) is 0 Å². The topological polar surface area (TPSA) is 3.24 Å². The van der Waals surface area contributed by atoms with Gasteiger partial charge in [-0.05, 0) is 53.6 Å². The molecule has 0 aliphatic heterocycles. The highest BCUT2D eigenvalue weighted by Gasteiger charge is 2.08. The number of hydrogen-bond donors (Lipinski definition) is 0. The van der Waals surface area contributed by atoms with Crippen molar-refractivity contribution in [1.29, 1.82) is 0 Å². The third kappa shape index (κ3) is 2.88. The molecular weight excluding hydrogens is 346 g/mol. The van der Waals surface area contributed by atoms with E-state index in [2.05, 4.69) is 103 Å². The van der Waals surface area contributed by atoms with Crippen LogP contribution in [0.1, 0.15) is 0 Å². The van der Waals surface area contributed by atoms with Crippen molar-refractivity contribution in [2.24, 2.45) is 0 Å². The van der Waals surface area contributed by atoms with E-state index in [1.165, 1.54) is 42.7 Å². The summed E-state index contributed by atoms with van der Waals surface area (Å²) in [6, 6.07) is 34.7. The Morgan fingerprint density at radius 2 is 1.19 bits per heavy atom. The number of para-hydroxylation sites is 1. The van der Waals surface area contributed by atoms with Crippen LogP contribution in [0.4, 0.5) is 11.4 Å². The second-order valence-electron chi connectivity index (χ2n) is 6.75. The largest absolute Gasteiger partial charge is 0.345 e. The second-order valence-corrected chi connectivity index (χ2v) is 7.83. The van der Waals surface area contributed by atoms with Gasteiger partial charge in [-0.2, -0.15) is 0 Å². The van der Waals surface area contributed by atoms with Gasteiger partial charge in [0.05, 0.1) is 0 Å². The molecule has 4 aromatic carbocycles. The molecule has 0 atom stereocenters. The maximum Gasteiger partial charge on any atom is 0.0408 e. The molecule has 130 valence electrons. The van der Waals surface area contributed by atoms with Gasteiger partial charge in [0.1, 0.15) is 0 Å². The first-order valence-electron chi connectivity index (χ1n) is 9.10. The minimum absolute atomic E-state index is 1.19. The molecule has 0 aliphatic carbocycles. The molecule has 2 heteroatoms. The standard InChI is InChI=1S/C25H19NS/c1-26(20-7-3-2-4-8-20)21-14-11-18(12-15-21)19-13-16-25-23(17-19)22-9-5-6-10-24(22)27-25/h2-17H,1H3. The highest BCUT2D eigenvalue weighted by atomic mass is 32.1. The minimum Gasteiger partial charge on any atom is -0.345 e. The number of fused-ring (bicyclic) bond motifs is 3. The van der Waals surface area contributed by atoms with Crippen LogP contribution in [0.15, 0.2) is 97.1 Å². The van der Waals surface area contributed by atoms with Crippen molar-refractivity contribution in [2.75, 3.05) is 11.9 Å². The molecule has 0 aliphatic rings. The van der Waals surface area contributed by atoms with Gasteiger partial charge in [-0.15, -0.1) is 11.3 Å². The van der Waals surface area contributed by atoms with E-state index < -0.39 is 0 Å². The maximum atomic E-state index is 2.32. The van der Waals surface area contributed by atoms with Gasteiger partial charge in [-0.1, -0.05) is 54.6 Å². The summed E-state index contributed by atoms with van der Waals surface area (Å²) in [5, 5.41) is 2.69. The molecule has 0 spiro atoms. The van der Waals surface area contributed by atoms with E-state index >= 15 is 0 Å². The van der Waals surface area contributed by atoms with Gasteiger partial charge in [0.2, 0.25) is 0 Å². The van der Waals surface area contributed by atoms with E-state index in [1.54, 1.807) is 0 Å². The minimum atomic E-state index is 1.19. The van der Waals surface area contributed by atoms with E-state index in [9.17, 15) is 0 Å². The summed E-state index contributed by atoms with van der Waals surface area (Å²) in [4.78, 5) is 2.21. The predicted octanol–water partition coefficient (Wildman–Crippen LogP) is 7.49. The lowest BCUT2D eigenvalue weighted by molar-refractivity contribution is 1.21. The molecule has 0 N–H and O–H groups in total. The molecule has 0 radical (unpaired) electrons. The molecule has 0 amide bonds. The summed E-state index contributed by atoms with van der Waals surface area (Å²) in [6.07, 6.45) is 0. The first-order valence-corrected chi connectivity index (χ1v) is 9.92. The third-order valence-electron chi connectivity index (χ3n) is 5.11. The number of nitrogens with zero attached hydrogens (tertiary/aromatic N) is 1. The quantitative estimate of drug-likeness (QED) is 0.320. The average molecular weight is 366 g/mol. The van der Waals surface area contributed by atoms with Crippen molar-refractivity contribution >= 4 is 42.9 Å². The highest BCUT2D eigenvalue weighted by Crippen LogP contribution is 2.36. The fraction of sp³-hybridized carbons (Fsp3) is 0.0400. The van der Waals surface area contributed by atoms with Crippen LogP contribution in [0, 0.1) is 0 Å². The maximum absolute atomic E-state index is 2.32. The third-order valence-corrected chi connectivity index (χ3v) is 6.26. The Morgan fingerprint density at radius 3 is 2.00 bits per heavy atom. The molecule has 0 unspecified atom stereocenters. The van der Waals surface area contributed by atoms with Crippen LogP contribution in [0.5, 0.6) is 0 Å². The van der Waals surface area contributed by atoms with Crippen LogP contribution in [-0.4, -0.2) is 7.05 Å². The van der Waals surface area contributed by atoms with Gasteiger partial charge in [-0.3, -0.25) is 0 Å². The Hall–Kier alpha value is -3.10. The van der Waals surface area contributed by atoms with E-state index in [1.807, 2.05) is 17.4 Å². The van der Waals surface area contributed by atoms with Crippen molar-refractivity contribution < 1.29 is 0 Å². The van der Waals surface area contributed by atoms with Gasteiger partial charge in [-0.25, -0.2) is 0 Å². The fourth-order valence-corrected chi connectivity index (χ4v) is 4.67. The normalized spacial score (nSPS) is 11.1. The summed E-state index contributed by atoms with van der Waals surface area (Å²) in [5.41, 5.74) is 4.89. The monoisotopic (exact) mass is 365 g/mol. The number of anilines is 2. The molecule has 1 nitrogen and oxygen atoms in total. The van der Waals surface area contributed by atoms with Gasteiger partial charge in [0, 0.05) is 38.6 Å². The lowest BCUT2D eigenvalue weighted by atomic mass is 10.0. The highest BCUT2D eigenvalue weighted by molar-refractivity contribution is 7.25. The summed E-state index contributed by atoms with van der Waals surface area (Å²) >= 11 is 1.86. The molecule has 0 saturated carbocycles. The smallest absolute Gasteiger partial charge is 0.0408 e. The number of thiophene rings is 1. The molecule has 0 saturated heterocycles. The SMILES string of the molecule is CN(c1ccccc1)c1ccc(-c2ccc3sc4ccccc4c3c2)cc1. The number of rotatable bonds is 3. The molecular formula is C25H19NS. The Kier molecular flexibility index (Phi) is 3.92. The zero-order valence-electron chi connectivity index (χ0n) is 15.1. The molecule has 27 heavy (non-hydrogen) atoms. The van der Waals surface area contributed by atoms with Crippen LogP contribution < -0.4 is 4.90 Å². The van der Waals surface area contributed by atoms with Crippen molar-refractivity contribution in [2.45, 2.75) is 0 Å². The summed E-state index contributed by atoms with van der Waals surface area (Å²) in [7, 11) is 2.11. The van der Waals surface area contributed by atoms with Gasteiger partial charge in [0.25, 0.3) is 0 Å². The summed E-state index contributed by atoms with van der Waals surface area (Å²) < 4.78 is 2.70. The lowest BCUT2D eigenvalue weighted by Gasteiger charge is -2.19. The first kappa shape index (κ1) is 16.1. The number of hydrogen-bond acceptors (Lipinski definition) is 2. The van der Waals surface area contributed by atoms with E-state index in [0.717, 1.165) is 0 Å². The molecule has 5 rings (SSSR count). The molecule has 0 fully saturated rings. The van der Waals surface area contributed by atoms with Gasteiger partial charge < -0.3 is 4.90 Å². The van der Waals surface area contributed by atoms with Crippen molar-refractivity contribution in [3.05, 3.63) is 97.1 Å². The van der Waals surface area contributed by atoms with Crippen LogP contribution in [-0.2, 0) is 0 Å². The van der Waals surface area contributed by atoms with Crippen LogP contribution >= 0.6 is 11.3 Å². The van der Waals surface area contributed by atoms with Crippen molar-refractivity contribution in [1.82, 2.24) is 0 Å². The predicted molar refractivity (Wildman–Crippen MR) is 119 cm³/mol. The van der Waals surface area contributed by atoms with E-state index in [4.69, 9.17) is 0 Å². The Labute approximate surface area is 163 Å². The van der Waals surface area contributed by atoms with Crippen LogP contribution in [0.3, 0.4) is 0 Å². The van der Waals surface area contributed by atoms with Crippen molar-refractivity contribution in [3.63, 3.8) is 0 Å². The average Bonchev–Trinajstić information content (AvgIpc) is 3.12. The molecule has 1 heterocycles. The van der Waals surface area contributed by atoms with E-state index in [0.29, 0.717) is 0 Å². The molecule has 1 aromatic heterocycles. The van der Waals surface area contributed by atoms with Crippen molar-refractivity contribution in [3.8, 4) is 11.1 Å². The second kappa shape index (κ2) is 6.57. The Morgan fingerprint density at radius 1 is 0.556 bits per heavy atom. The van der Waals surface area contributed by atoms with Crippen LogP contribution in [0.2, 0.25) is 0 Å². The summed E-state index contributed by atoms with van der Waals surface area (Å²) in [6.45, 7) is 0. The fourth-order valence-electron chi connectivity index (χ4n) is 3.58. The van der Waals surface area contributed by atoms with Crippen LogP contribution in [0.25, 0.3) is 31.3 Å². The zero-order chi connectivity index (χ0) is 18.2. The molecule has 5 aromatic rings. The number of benzene rings is 4. The summed E-state index contributed by atoms with van der Waals surface area (Å²) in [5.74, 6) is 0. The molecule has 0 bridgehead atoms. The first-order chi connectivity index (χ1) is 13.3. The lowest BCUT2D eigenvalue weighted by Crippen LogP contribution is -2.08. The zero-order valence-corrected chi connectivity index (χ0v) is 15.9.